The van der Waals surface area contributed by atoms with Gasteiger partial charge in [-0.1, -0.05) is 6.07 Å². The molecule has 0 spiro atoms. The zero-order valence-corrected chi connectivity index (χ0v) is 14.8. The number of anilines is 2. The number of carbonyl (C=O) groups is 2. The van der Waals surface area contributed by atoms with Crippen molar-refractivity contribution in [2.24, 2.45) is 0 Å². The molecule has 2 rings (SSSR count). The number of nitro groups is 1. The van der Waals surface area contributed by atoms with Crippen LogP contribution in [0.25, 0.3) is 0 Å². The van der Waals surface area contributed by atoms with Gasteiger partial charge in [-0.05, 0) is 49.5 Å². The molecule has 2 aromatic rings. The molecule has 0 aliphatic rings. The van der Waals surface area contributed by atoms with Crippen LogP contribution in [0.5, 0.6) is 0 Å². The normalized spacial score (nSPS) is 9.92. The summed E-state index contributed by atoms with van der Waals surface area (Å²) in [5.74, 6) is -0.723. The standard InChI is InChI=1S/C17H16N4O4S/c1-10-14(4-3-5-15(10)21(24)25)16(23)20-17(26)19-13-8-6-12(7-9-13)18-11(2)22/h3-9H,1-2H3,(H,18,22)(H2,19,20,23,26). The van der Waals surface area contributed by atoms with E-state index in [0.29, 0.717) is 11.4 Å². The summed E-state index contributed by atoms with van der Waals surface area (Å²) in [5, 5.41) is 19.0. The van der Waals surface area contributed by atoms with Crippen LogP contribution in [0.4, 0.5) is 17.1 Å². The first-order valence-electron chi connectivity index (χ1n) is 7.52. The van der Waals surface area contributed by atoms with E-state index < -0.39 is 10.8 Å². The number of benzene rings is 2. The average molecular weight is 372 g/mol. The number of hydrogen-bond donors (Lipinski definition) is 3. The number of thiocarbonyl (C=S) groups is 1. The van der Waals surface area contributed by atoms with Gasteiger partial charge in [0.2, 0.25) is 5.91 Å². The van der Waals surface area contributed by atoms with Crippen molar-refractivity contribution in [3.63, 3.8) is 0 Å². The Morgan fingerprint density at radius 3 is 2.15 bits per heavy atom. The summed E-state index contributed by atoms with van der Waals surface area (Å²) in [6.07, 6.45) is 0. The monoisotopic (exact) mass is 372 g/mol. The average Bonchev–Trinajstić information content (AvgIpc) is 2.55. The maximum Gasteiger partial charge on any atom is 0.273 e. The van der Waals surface area contributed by atoms with E-state index in [0.717, 1.165) is 0 Å². The van der Waals surface area contributed by atoms with Crippen LogP contribution in [-0.2, 0) is 4.79 Å². The second-order valence-electron chi connectivity index (χ2n) is 5.37. The second kappa shape index (κ2) is 8.17. The van der Waals surface area contributed by atoms with Crippen LogP contribution in [0, 0.1) is 17.0 Å². The Balaban J connectivity index is 2.04. The summed E-state index contributed by atoms with van der Waals surface area (Å²) < 4.78 is 0. The summed E-state index contributed by atoms with van der Waals surface area (Å²) in [6, 6.07) is 11.0. The number of carbonyl (C=O) groups excluding carboxylic acids is 2. The molecule has 0 radical (unpaired) electrons. The minimum absolute atomic E-state index is 0.0492. The molecule has 8 nitrogen and oxygen atoms in total. The number of nitrogens with one attached hydrogen (secondary N) is 3. The number of hydrogen-bond acceptors (Lipinski definition) is 5. The van der Waals surface area contributed by atoms with E-state index in [-0.39, 0.29) is 27.8 Å². The Morgan fingerprint density at radius 2 is 1.62 bits per heavy atom. The van der Waals surface area contributed by atoms with Gasteiger partial charge in [0.1, 0.15) is 0 Å². The molecular weight excluding hydrogens is 356 g/mol. The molecule has 2 aromatic carbocycles. The first-order chi connectivity index (χ1) is 12.3. The third-order valence-electron chi connectivity index (χ3n) is 3.44. The first kappa shape index (κ1) is 19.0. The molecule has 0 fully saturated rings. The fraction of sp³-hybridized carbons (Fsp3) is 0.118. The number of nitro benzene ring substituents is 1. The second-order valence-corrected chi connectivity index (χ2v) is 5.78. The molecule has 0 unspecified atom stereocenters. The van der Waals surface area contributed by atoms with Gasteiger partial charge < -0.3 is 10.6 Å². The van der Waals surface area contributed by atoms with Gasteiger partial charge in [-0.25, -0.2) is 0 Å². The van der Waals surface area contributed by atoms with Crippen molar-refractivity contribution in [3.8, 4) is 0 Å². The van der Waals surface area contributed by atoms with E-state index in [2.05, 4.69) is 16.0 Å². The molecule has 0 aliphatic carbocycles. The fourth-order valence-electron chi connectivity index (χ4n) is 2.24. The molecule has 0 saturated heterocycles. The van der Waals surface area contributed by atoms with Crippen LogP contribution >= 0.6 is 12.2 Å². The molecule has 26 heavy (non-hydrogen) atoms. The minimum Gasteiger partial charge on any atom is -0.332 e. The van der Waals surface area contributed by atoms with E-state index in [1.54, 1.807) is 24.3 Å². The highest BCUT2D eigenvalue weighted by Crippen LogP contribution is 2.21. The van der Waals surface area contributed by atoms with Crippen molar-refractivity contribution in [2.45, 2.75) is 13.8 Å². The molecule has 3 N–H and O–H groups in total. The van der Waals surface area contributed by atoms with Crippen LogP contribution in [-0.4, -0.2) is 21.9 Å². The third kappa shape index (κ3) is 4.84. The van der Waals surface area contributed by atoms with Gasteiger partial charge in [0, 0.05) is 35.5 Å². The van der Waals surface area contributed by atoms with Crippen molar-refractivity contribution in [2.75, 3.05) is 10.6 Å². The van der Waals surface area contributed by atoms with E-state index in [9.17, 15) is 19.7 Å². The van der Waals surface area contributed by atoms with Crippen molar-refractivity contribution < 1.29 is 14.5 Å². The maximum atomic E-state index is 12.3. The smallest absolute Gasteiger partial charge is 0.273 e. The molecule has 0 aliphatic heterocycles. The molecule has 0 heterocycles. The van der Waals surface area contributed by atoms with Gasteiger partial charge in [-0.15, -0.1) is 0 Å². The Bertz CT molecular complexity index is 881. The number of rotatable bonds is 4. The summed E-state index contributed by atoms with van der Waals surface area (Å²) >= 11 is 5.10. The molecule has 134 valence electrons. The lowest BCUT2D eigenvalue weighted by atomic mass is 10.1. The van der Waals surface area contributed by atoms with Crippen LogP contribution in [0.15, 0.2) is 42.5 Å². The SMILES string of the molecule is CC(=O)Nc1ccc(NC(=S)NC(=O)c2cccc([N+](=O)[O-])c2C)cc1. The third-order valence-corrected chi connectivity index (χ3v) is 3.64. The quantitative estimate of drug-likeness (QED) is 0.432. The van der Waals surface area contributed by atoms with Crippen molar-refractivity contribution in [3.05, 3.63) is 63.7 Å². The predicted octanol–water partition coefficient (Wildman–Crippen LogP) is 2.99. The Morgan fingerprint density at radius 1 is 1.04 bits per heavy atom. The molecule has 9 heteroatoms. The van der Waals surface area contributed by atoms with Gasteiger partial charge in [0.25, 0.3) is 11.6 Å². The molecule has 0 atom stereocenters. The largest absolute Gasteiger partial charge is 0.332 e. The lowest BCUT2D eigenvalue weighted by Crippen LogP contribution is -2.34. The highest BCUT2D eigenvalue weighted by Gasteiger charge is 2.18. The van der Waals surface area contributed by atoms with Crippen LogP contribution in [0.1, 0.15) is 22.8 Å². The van der Waals surface area contributed by atoms with Crippen LogP contribution in [0.3, 0.4) is 0 Å². The lowest BCUT2D eigenvalue weighted by Gasteiger charge is -2.11. The highest BCUT2D eigenvalue weighted by molar-refractivity contribution is 7.80. The first-order valence-corrected chi connectivity index (χ1v) is 7.92. The van der Waals surface area contributed by atoms with E-state index in [4.69, 9.17) is 12.2 Å². The van der Waals surface area contributed by atoms with Gasteiger partial charge >= 0.3 is 0 Å². The van der Waals surface area contributed by atoms with E-state index in [1.165, 1.54) is 32.0 Å². The van der Waals surface area contributed by atoms with E-state index >= 15 is 0 Å². The Labute approximate surface area is 154 Å². The molecule has 0 bridgehead atoms. The van der Waals surface area contributed by atoms with Gasteiger partial charge in [0.15, 0.2) is 5.11 Å². The molecule has 0 aromatic heterocycles. The zero-order chi connectivity index (χ0) is 19.3. The highest BCUT2D eigenvalue weighted by atomic mass is 32.1. The molecular formula is C17H16N4O4S. The minimum atomic E-state index is -0.543. The topological polar surface area (TPSA) is 113 Å². The van der Waals surface area contributed by atoms with Gasteiger partial charge in [-0.3, -0.25) is 25.0 Å². The number of amides is 2. The predicted molar refractivity (Wildman–Crippen MR) is 102 cm³/mol. The summed E-state index contributed by atoms with van der Waals surface area (Å²) in [5.41, 5.74) is 1.54. The molecule has 0 saturated carbocycles. The summed E-state index contributed by atoms with van der Waals surface area (Å²) in [6.45, 7) is 2.91. The summed E-state index contributed by atoms with van der Waals surface area (Å²) in [7, 11) is 0. The van der Waals surface area contributed by atoms with E-state index in [1.807, 2.05) is 0 Å². The van der Waals surface area contributed by atoms with Gasteiger partial charge in [0.05, 0.1) is 4.92 Å². The zero-order valence-electron chi connectivity index (χ0n) is 14.0. The summed E-state index contributed by atoms with van der Waals surface area (Å²) in [4.78, 5) is 33.7. The van der Waals surface area contributed by atoms with Crippen LogP contribution in [0.2, 0.25) is 0 Å². The van der Waals surface area contributed by atoms with Crippen molar-refractivity contribution in [1.82, 2.24) is 5.32 Å². The number of nitrogens with zero attached hydrogens (tertiary/aromatic N) is 1. The fourth-order valence-corrected chi connectivity index (χ4v) is 2.45. The Hall–Kier alpha value is -3.33. The lowest BCUT2D eigenvalue weighted by molar-refractivity contribution is -0.385. The van der Waals surface area contributed by atoms with Crippen molar-refractivity contribution in [1.29, 1.82) is 0 Å². The molecule has 2 amide bonds. The Kier molecular flexibility index (Phi) is 5.97. The maximum absolute atomic E-state index is 12.3. The van der Waals surface area contributed by atoms with Crippen molar-refractivity contribution >= 4 is 46.2 Å². The van der Waals surface area contributed by atoms with Gasteiger partial charge in [-0.2, -0.15) is 0 Å². The van der Waals surface area contributed by atoms with Crippen LogP contribution < -0.4 is 16.0 Å².